The molecule has 1 aliphatic rings. The van der Waals surface area contributed by atoms with Gasteiger partial charge in [-0.05, 0) is 72.9 Å². The molecule has 0 atom stereocenters. The first kappa shape index (κ1) is 20.8. The molecule has 28 heavy (non-hydrogen) atoms. The van der Waals surface area contributed by atoms with Crippen molar-refractivity contribution in [3.8, 4) is 5.75 Å². The van der Waals surface area contributed by atoms with E-state index < -0.39 is 17.5 Å². The first-order chi connectivity index (χ1) is 13.6. The van der Waals surface area contributed by atoms with Crippen molar-refractivity contribution in [2.45, 2.75) is 70.8 Å². The Morgan fingerprint density at radius 1 is 0.893 bits per heavy atom. The molecule has 0 heterocycles. The third kappa shape index (κ3) is 5.52. The number of benzene rings is 2. The minimum Gasteiger partial charge on any atom is -0.489 e. The highest BCUT2D eigenvalue weighted by Gasteiger charge is 2.22. The normalized spacial score (nSPS) is 19.6. The molecule has 0 radical (unpaired) electrons. The zero-order valence-electron chi connectivity index (χ0n) is 16.5. The van der Waals surface area contributed by atoms with Crippen LogP contribution in [-0.4, -0.2) is 0 Å². The van der Waals surface area contributed by atoms with Crippen LogP contribution in [0.3, 0.4) is 0 Å². The van der Waals surface area contributed by atoms with Crippen LogP contribution in [0, 0.1) is 23.4 Å². The van der Waals surface area contributed by atoms with E-state index in [1.165, 1.54) is 56.9 Å². The van der Waals surface area contributed by atoms with Crippen LogP contribution in [0.15, 0.2) is 36.4 Å². The number of halogens is 3. The van der Waals surface area contributed by atoms with Gasteiger partial charge in [-0.15, -0.1) is 0 Å². The Bertz CT molecular complexity index is 726. The molecule has 0 spiro atoms. The van der Waals surface area contributed by atoms with Crippen LogP contribution in [0.25, 0.3) is 0 Å². The van der Waals surface area contributed by atoms with Gasteiger partial charge in [0.1, 0.15) is 12.4 Å². The van der Waals surface area contributed by atoms with E-state index >= 15 is 0 Å². The van der Waals surface area contributed by atoms with Gasteiger partial charge < -0.3 is 4.74 Å². The second-order valence-corrected chi connectivity index (χ2v) is 7.94. The number of unbranched alkanes of at least 4 members (excludes halogenated alkanes) is 2. The highest BCUT2D eigenvalue weighted by atomic mass is 19.2. The second-order valence-electron chi connectivity index (χ2n) is 7.94. The standard InChI is InChI=1S/C24H29F3O/c1-2-3-4-5-17-6-8-19(9-7-17)20-10-12-21(13-11-20)28-16-18-14-22(25)24(27)23(26)15-18/h10-15,17,19H,2-9,16H2,1H3. The van der Waals surface area contributed by atoms with Crippen LogP contribution in [-0.2, 0) is 6.61 Å². The van der Waals surface area contributed by atoms with Gasteiger partial charge in [0.15, 0.2) is 17.5 Å². The van der Waals surface area contributed by atoms with Crippen LogP contribution in [0.5, 0.6) is 5.75 Å². The summed E-state index contributed by atoms with van der Waals surface area (Å²) in [5, 5.41) is 0. The predicted molar refractivity (Wildman–Crippen MR) is 106 cm³/mol. The van der Waals surface area contributed by atoms with Crippen molar-refractivity contribution in [1.29, 1.82) is 0 Å². The molecule has 1 saturated carbocycles. The minimum atomic E-state index is -1.45. The molecule has 1 fully saturated rings. The number of hydrogen-bond donors (Lipinski definition) is 0. The van der Waals surface area contributed by atoms with Crippen LogP contribution in [0.4, 0.5) is 13.2 Å². The number of ether oxygens (including phenoxy) is 1. The molecule has 0 aromatic heterocycles. The Hall–Kier alpha value is -1.97. The van der Waals surface area contributed by atoms with Crippen molar-refractivity contribution in [3.05, 3.63) is 65.0 Å². The zero-order valence-corrected chi connectivity index (χ0v) is 16.5. The van der Waals surface area contributed by atoms with Gasteiger partial charge in [-0.2, -0.15) is 0 Å². The highest BCUT2D eigenvalue weighted by Crippen LogP contribution is 2.38. The molecule has 0 N–H and O–H groups in total. The Morgan fingerprint density at radius 2 is 1.54 bits per heavy atom. The second kappa shape index (κ2) is 9.99. The van der Waals surface area contributed by atoms with E-state index in [0.717, 1.165) is 18.1 Å². The minimum absolute atomic E-state index is 0.00364. The van der Waals surface area contributed by atoms with Gasteiger partial charge >= 0.3 is 0 Å². The maximum atomic E-state index is 13.3. The van der Waals surface area contributed by atoms with E-state index in [1.54, 1.807) is 0 Å². The van der Waals surface area contributed by atoms with Crippen molar-refractivity contribution >= 4 is 0 Å². The molecule has 2 aromatic rings. The molecule has 3 rings (SSSR count). The fraction of sp³-hybridized carbons (Fsp3) is 0.500. The van der Waals surface area contributed by atoms with E-state index in [1.807, 2.05) is 12.1 Å². The van der Waals surface area contributed by atoms with E-state index in [4.69, 9.17) is 4.74 Å². The van der Waals surface area contributed by atoms with Crippen molar-refractivity contribution in [2.24, 2.45) is 5.92 Å². The predicted octanol–water partition coefficient (Wildman–Crippen LogP) is 7.54. The lowest BCUT2D eigenvalue weighted by atomic mass is 9.77. The topological polar surface area (TPSA) is 9.23 Å². The Balaban J connectivity index is 1.49. The molecule has 2 aromatic carbocycles. The Morgan fingerprint density at radius 3 is 2.14 bits per heavy atom. The fourth-order valence-corrected chi connectivity index (χ4v) is 4.16. The first-order valence-electron chi connectivity index (χ1n) is 10.4. The zero-order chi connectivity index (χ0) is 19.9. The lowest BCUT2D eigenvalue weighted by Crippen LogP contribution is -2.13. The van der Waals surface area contributed by atoms with E-state index in [-0.39, 0.29) is 12.2 Å². The van der Waals surface area contributed by atoms with Gasteiger partial charge in [0.2, 0.25) is 0 Å². The van der Waals surface area contributed by atoms with E-state index in [0.29, 0.717) is 11.7 Å². The summed E-state index contributed by atoms with van der Waals surface area (Å²) in [7, 11) is 0. The van der Waals surface area contributed by atoms with Crippen molar-refractivity contribution < 1.29 is 17.9 Å². The quantitative estimate of drug-likeness (QED) is 0.334. The third-order valence-electron chi connectivity index (χ3n) is 5.86. The van der Waals surface area contributed by atoms with Crippen LogP contribution in [0.1, 0.15) is 75.3 Å². The number of rotatable bonds is 8. The average Bonchev–Trinajstić information content (AvgIpc) is 2.71. The Labute approximate surface area is 165 Å². The molecule has 0 aliphatic heterocycles. The van der Waals surface area contributed by atoms with Gasteiger partial charge in [0, 0.05) is 0 Å². The maximum Gasteiger partial charge on any atom is 0.194 e. The molecule has 4 heteroatoms. The van der Waals surface area contributed by atoms with Crippen LogP contribution >= 0.6 is 0 Å². The summed E-state index contributed by atoms with van der Waals surface area (Å²) in [5.74, 6) is -1.70. The molecule has 152 valence electrons. The monoisotopic (exact) mass is 390 g/mol. The lowest BCUT2D eigenvalue weighted by molar-refractivity contribution is 0.299. The summed E-state index contributed by atoms with van der Waals surface area (Å²) in [4.78, 5) is 0. The van der Waals surface area contributed by atoms with Gasteiger partial charge in [-0.3, -0.25) is 0 Å². The first-order valence-corrected chi connectivity index (χ1v) is 10.4. The van der Waals surface area contributed by atoms with Gasteiger partial charge in [-0.25, -0.2) is 13.2 Å². The summed E-state index contributed by atoms with van der Waals surface area (Å²) in [5.41, 5.74) is 1.60. The van der Waals surface area contributed by atoms with Crippen LogP contribution < -0.4 is 4.74 Å². The molecule has 0 bridgehead atoms. The summed E-state index contributed by atoms with van der Waals surface area (Å²) >= 11 is 0. The summed E-state index contributed by atoms with van der Waals surface area (Å²) < 4.78 is 45.1. The highest BCUT2D eigenvalue weighted by molar-refractivity contribution is 5.30. The van der Waals surface area contributed by atoms with Gasteiger partial charge in [-0.1, -0.05) is 44.7 Å². The summed E-state index contributed by atoms with van der Waals surface area (Å²) in [6, 6.07) is 9.90. The number of hydrogen-bond acceptors (Lipinski definition) is 1. The molecular weight excluding hydrogens is 361 g/mol. The van der Waals surface area contributed by atoms with Crippen molar-refractivity contribution in [1.82, 2.24) is 0 Å². The van der Waals surface area contributed by atoms with Gasteiger partial charge in [0.05, 0.1) is 0 Å². The fourth-order valence-electron chi connectivity index (χ4n) is 4.16. The van der Waals surface area contributed by atoms with Gasteiger partial charge in [0.25, 0.3) is 0 Å². The third-order valence-corrected chi connectivity index (χ3v) is 5.86. The molecule has 0 unspecified atom stereocenters. The molecular formula is C24H29F3O. The van der Waals surface area contributed by atoms with Crippen LogP contribution in [0.2, 0.25) is 0 Å². The smallest absolute Gasteiger partial charge is 0.194 e. The van der Waals surface area contributed by atoms with Crippen molar-refractivity contribution in [2.75, 3.05) is 0 Å². The molecule has 1 aliphatic carbocycles. The van der Waals surface area contributed by atoms with E-state index in [9.17, 15) is 13.2 Å². The molecule has 0 saturated heterocycles. The summed E-state index contributed by atoms with van der Waals surface area (Å²) in [6.45, 7) is 2.25. The van der Waals surface area contributed by atoms with E-state index in [2.05, 4.69) is 19.1 Å². The maximum absolute atomic E-state index is 13.3. The van der Waals surface area contributed by atoms with Crippen molar-refractivity contribution in [3.63, 3.8) is 0 Å². The molecule has 1 nitrogen and oxygen atoms in total. The summed E-state index contributed by atoms with van der Waals surface area (Å²) in [6.07, 6.45) is 10.5. The lowest BCUT2D eigenvalue weighted by Gasteiger charge is -2.29. The average molecular weight is 390 g/mol. The largest absolute Gasteiger partial charge is 0.489 e. The Kier molecular flexibility index (Phi) is 7.41. The SMILES string of the molecule is CCCCCC1CCC(c2ccc(OCc3cc(F)c(F)c(F)c3)cc2)CC1. The molecule has 0 amide bonds.